The van der Waals surface area contributed by atoms with E-state index >= 15 is 0 Å². The summed E-state index contributed by atoms with van der Waals surface area (Å²) in [4.78, 5) is 0. The van der Waals surface area contributed by atoms with Gasteiger partial charge >= 0.3 is 0 Å². The van der Waals surface area contributed by atoms with Crippen molar-refractivity contribution in [2.45, 2.75) is 49.1 Å². The zero-order valence-electron chi connectivity index (χ0n) is 15.2. The third-order valence-corrected chi connectivity index (χ3v) is 6.61. The Labute approximate surface area is 185 Å². The minimum atomic E-state index is -1.42. The molecule has 3 heterocycles. The first-order valence-corrected chi connectivity index (χ1v) is 10.2. The maximum absolute atomic E-state index is 10.5. The largest absolute Gasteiger partial charge is 0.394 e. The number of aliphatic hydroxyl groups excluding tert-OH is 6. The number of rotatable bonds is 4. The topological polar surface area (TPSA) is 150 Å². The molecular formula is C17H20Cl2N2O8S. The van der Waals surface area contributed by atoms with Crippen LogP contribution in [0.3, 0.4) is 0 Å². The second-order valence-electron chi connectivity index (χ2n) is 7.24. The second kappa shape index (κ2) is 8.26. The molecule has 8 atom stereocenters. The molecule has 0 aliphatic carbocycles. The number of benzene rings is 1. The first-order valence-electron chi connectivity index (χ1n) is 9.07. The summed E-state index contributed by atoms with van der Waals surface area (Å²) in [6, 6.07) is 2.95. The van der Waals surface area contributed by atoms with Gasteiger partial charge in [-0.2, -0.15) is 0 Å². The summed E-state index contributed by atoms with van der Waals surface area (Å²) in [5.41, 5.74) is 0.698. The van der Waals surface area contributed by atoms with Crippen molar-refractivity contribution in [3.8, 4) is 0 Å². The number of aromatic nitrogens is 2. The zero-order chi connectivity index (χ0) is 21.9. The maximum atomic E-state index is 10.5. The van der Waals surface area contributed by atoms with Gasteiger partial charge in [0.1, 0.15) is 36.6 Å². The molecule has 0 radical (unpaired) electrons. The van der Waals surface area contributed by atoms with Crippen LogP contribution in [0.5, 0.6) is 0 Å². The molecule has 4 rings (SSSR count). The molecule has 166 valence electrons. The summed E-state index contributed by atoms with van der Waals surface area (Å²) >= 11 is 17.9. The van der Waals surface area contributed by atoms with Gasteiger partial charge in [-0.05, 0) is 24.4 Å². The van der Waals surface area contributed by atoms with Crippen molar-refractivity contribution in [3.63, 3.8) is 0 Å². The fourth-order valence-corrected chi connectivity index (χ4v) is 4.63. The predicted octanol–water partition coefficient (Wildman–Crippen LogP) is -0.298. The van der Waals surface area contributed by atoms with E-state index in [1.54, 1.807) is 0 Å². The van der Waals surface area contributed by atoms with Crippen LogP contribution in [0.25, 0.3) is 11.0 Å². The van der Waals surface area contributed by atoms with E-state index in [0.29, 0.717) is 11.0 Å². The van der Waals surface area contributed by atoms with Crippen molar-refractivity contribution in [1.29, 1.82) is 0 Å². The van der Waals surface area contributed by atoms with Crippen LogP contribution in [0.1, 0.15) is 12.5 Å². The first kappa shape index (κ1) is 22.4. The highest BCUT2D eigenvalue weighted by Gasteiger charge is 2.47. The molecule has 2 saturated heterocycles. The van der Waals surface area contributed by atoms with Gasteiger partial charge < -0.3 is 40.1 Å². The molecule has 2 fully saturated rings. The van der Waals surface area contributed by atoms with Crippen LogP contribution < -0.4 is 0 Å². The lowest BCUT2D eigenvalue weighted by Gasteiger charge is -2.19. The SMILES string of the molecule is OC[C@H]1O[C@@H](n2c(=S)n([C@@H]3O[C@H](CO)[C@@H](O)[C@H]3O)c3cc(Cl)c(Cl)cc32)[C@H](O)[C@@H]1O. The number of nitrogens with zero attached hydrogens (tertiary/aromatic N) is 2. The fraction of sp³-hybridized carbons (Fsp3) is 0.588. The summed E-state index contributed by atoms with van der Waals surface area (Å²) in [6.45, 7) is -1.05. The zero-order valence-corrected chi connectivity index (χ0v) is 17.6. The number of halogens is 2. The van der Waals surface area contributed by atoms with E-state index in [-0.39, 0.29) is 14.8 Å². The highest BCUT2D eigenvalue weighted by Crippen LogP contribution is 2.39. The molecule has 2 aliphatic rings. The van der Waals surface area contributed by atoms with Gasteiger partial charge in [-0.15, -0.1) is 0 Å². The third-order valence-electron chi connectivity index (χ3n) is 5.49. The molecule has 13 heteroatoms. The Morgan fingerprint density at radius 3 is 1.43 bits per heavy atom. The Morgan fingerprint density at radius 1 is 0.767 bits per heavy atom. The summed E-state index contributed by atoms with van der Waals surface area (Å²) < 4.78 is 14.0. The highest BCUT2D eigenvalue weighted by atomic mass is 35.5. The van der Waals surface area contributed by atoms with E-state index in [2.05, 4.69) is 0 Å². The van der Waals surface area contributed by atoms with E-state index in [9.17, 15) is 30.6 Å². The lowest BCUT2D eigenvalue weighted by atomic mass is 10.1. The predicted molar refractivity (Wildman–Crippen MR) is 107 cm³/mol. The average molecular weight is 483 g/mol. The van der Waals surface area contributed by atoms with E-state index in [4.69, 9.17) is 44.9 Å². The molecule has 0 amide bonds. The maximum Gasteiger partial charge on any atom is 0.185 e. The first-order chi connectivity index (χ1) is 14.2. The van der Waals surface area contributed by atoms with Gasteiger partial charge in [0.2, 0.25) is 0 Å². The van der Waals surface area contributed by atoms with Gasteiger partial charge in [0.25, 0.3) is 0 Å². The van der Waals surface area contributed by atoms with E-state index in [1.807, 2.05) is 0 Å². The summed E-state index contributed by atoms with van der Waals surface area (Å²) in [6.07, 6.45) is -10.0. The lowest BCUT2D eigenvalue weighted by Crippen LogP contribution is -2.33. The van der Waals surface area contributed by atoms with Crippen molar-refractivity contribution in [3.05, 3.63) is 26.9 Å². The summed E-state index contributed by atoms with van der Waals surface area (Å²) in [7, 11) is 0. The Bertz CT molecular complexity index is 940. The molecule has 0 unspecified atom stereocenters. The lowest BCUT2D eigenvalue weighted by molar-refractivity contribution is -0.0599. The van der Waals surface area contributed by atoms with Crippen molar-refractivity contribution in [1.82, 2.24) is 9.13 Å². The van der Waals surface area contributed by atoms with Crippen LogP contribution >= 0.6 is 35.4 Å². The fourth-order valence-electron chi connectivity index (χ4n) is 3.91. The third kappa shape index (κ3) is 3.29. The Hall–Kier alpha value is -0.830. The van der Waals surface area contributed by atoms with Crippen LogP contribution in [0, 0.1) is 4.77 Å². The van der Waals surface area contributed by atoms with Gasteiger partial charge in [0.15, 0.2) is 17.2 Å². The van der Waals surface area contributed by atoms with Crippen LogP contribution in [0.15, 0.2) is 12.1 Å². The van der Waals surface area contributed by atoms with E-state index in [0.717, 1.165) is 0 Å². The van der Waals surface area contributed by atoms with E-state index < -0.39 is 62.3 Å². The number of hydrogen-bond donors (Lipinski definition) is 6. The van der Waals surface area contributed by atoms with Crippen LogP contribution in [-0.4, -0.2) is 89.6 Å². The molecule has 0 saturated carbocycles. The molecular weight excluding hydrogens is 463 g/mol. The Balaban J connectivity index is 1.92. The van der Waals surface area contributed by atoms with Crippen LogP contribution in [0.4, 0.5) is 0 Å². The number of aliphatic hydroxyl groups is 6. The van der Waals surface area contributed by atoms with Gasteiger partial charge in [-0.25, -0.2) is 0 Å². The highest BCUT2D eigenvalue weighted by molar-refractivity contribution is 7.71. The average Bonchev–Trinajstić information content (AvgIpc) is 3.26. The van der Waals surface area contributed by atoms with Gasteiger partial charge in [0.05, 0.1) is 34.3 Å². The molecule has 2 aromatic rings. The van der Waals surface area contributed by atoms with Crippen LogP contribution in [0.2, 0.25) is 10.0 Å². The van der Waals surface area contributed by atoms with Gasteiger partial charge in [0, 0.05) is 0 Å². The second-order valence-corrected chi connectivity index (χ2v) is 8.41. The van der Waals surface area contributed by atoms with Gasteiger partial charge in [-0.3, -0.25) is 9.13 Å². The molecule has 1 aromatic carbocycles. The Kier molecular flexibility index (Phi) is 6.16. The van der Waals surface area contributed by atoms with Crippen molar-refractivity contribution in [2.75, 3.05) is 13.2 Å². The number of fused-ring (bicyclic) bond motifs is 1. The van der Waals surface area contributed by atoms with Crippen LogP contribution in [-0.2, 0) is 9.47 Å². The molecule has 1 aromatic heterocycles. The quantitative estimate of drug-likeness (QED) is 0.323. The molecule has 0 bridgehead atoms. The molecule has 6 N–H and O–H groups in total. The molecule has 30 heavy (non-hydrogen) atoms. The Morgan fingerprint density at radius 2 is 1.13 bits per heavy atom. The monoisotopic (exact) mass is 482 g/mol. The van der Waals surface area contributed by atoms with Crippen molar-refractivity contribution < 1.29 is 40.1 Å². The molecule has 2 aliphatic heterocycles. The van der Waals surface area contributed by atoms with Crippen molar-refractivity contribution >= 4 is 46.5 Å². The molecule has 10 nitrogen and oxygen atoms in total. The smallest absolute Gasteiger partial charge is 0.185 e. The normalized spacial score (nSPS) is 36.8. The minimum absolute atomic E-state index is 0.00742. The van der Waals surface area contributed by atoms with E-state index in [1.165, 1.54) is 21.3 Å². The standard InChI is InChI=1S/C17H20Cl2N2O8S/c18-5-1-7-8(2-6(5)19)21(16-14(27)12(25)10(4-23)29-16)17(30)20(7)15-13(26)11(24)9(3-22)28-15/h1-2,9-16,22-27H,3-4H2/t9-,10-,11-,12-,13-,14-,15-,16-/m1/s1. The molecule has 0 spiro atoms. The van der Waals surface area contributed by atoms with Crippen molar-refractivity contribution in [2.24, 2.45) is 0 Å². The number of ether oxygens (including phenoxy) is 2. The number of hydrogen-bond acceptors (Lipinski definition) is 9. The van der Waals surface area contributed by atoms with Gasteiger partial charge in [-0.1, -0.05) is 23.2 Å². The minimum Gasteiger partial charge on any atom is -0.394 e. The summed E-state index contributed by atoms with van der Waals surface area (Å²) in [5.74, 6) is 0. The summed E-state index contributed by atoms with van der Waals surface area (Å²) in [5, 5.41) is 60.4. The number of imidazole rings is 1.